The van der Waals surface area contributed by atoms with Crippen LogP contribution in [0.1, 0.15) is 19.3 Å². The van der Waals surface area contributed by atoms with Crippen LogP contribution in [0.15, 0.2) is 52.2 Å². The van der Waals surface area contributed by atoms with E-state index in [9.17, 15) is 14.4 Å². The lowest BCUT2D eigenvalue weighted by Crippen LogP contribution is -2.31. The van der Waals surface area contributed by atoms with Crippen LogP contribution < -0.4 is 21.5 Å². The van der Waals surface area contributed by atoms with E-state index in [1.165, 1.54) is 17.4 Å². The summed E-state index contributed by atoms with van der Waals surface area (Å²) in [4.78, 5) is 45.3. The molecule has 1 aliphatic rings. The Hall–Kier alpha value is -3.42. The van der Waals surface area contributed by atoms with E-state index in [-0.39, 0.29) is 18.9 Å². The maximum absolute atomic E-state index is 12.3. The lowest BCUT2D eigenvalue weighted by Gasteiger charge is -2.16. The molecule has 3 aromatic rings. The number of aromatic amines is 1. The van der Waals surface area contributed by atoms with Crippen molar-refractivity contribution in [3.63, 3.8) is 0 Å². The van der Waals surface area contributed by atoms with Crippen molar-refractivity contribution in [3.05, 3.63) is 63.4 Å². The number of para-hydroxylation sites is 1. The highest BCUT2D eigenvalue weighted by atomic mass is 16.2. The Kier molecular flexibility index (Phi) is 4.92. The number of amides is 1. The number of nitrogens with zero attached hydrogens (tertiary/aromatic N) is 3. The summed E-state index contributed by atoms with van der Waals surface area (Å²) in [5, 5.41) is 3.22. The first-order chi connectivity index (χ1) is 13.6. The molecule has 0 saturated carbocycles. The van der Waals surface area contributed by atoms with Crippen molar-refractivity contribution in [3.8, 4) is 0 Å². The molecule has 1 saturated heterocycles. The Bertz CT molecular complexity index is 1110. The topological polar surface area (TPSA) is 100 Å². The SMILES string of the molecule is O=C(CCn1c(=O)[nH]c(=O)c2ccccc21)Nc1ccc(N2CCCC2)nc1. The fourth-order valence-electron chi connectivity index (χ4n) is 3.49. The van der Waals surface area contributed by atoms with Crippen molar-refractivity contribution in [1.82, 2.24) is 14.5 Å². The molecule has 0 bridgehead atoms. The van der Waals surface area contributed by atoms with Gasteiger partial charge in [-0.25, -0.2) is 9.78 Å². The van der Waals surface area contributed by atoms with E-state index in [0.29, 0.717) is 16.6 Å². The van der Waals surface area contributed by atoms with Crippen LogP contribution >= 0.6 is 0 Å². The second-order valence-corrected chi connectivity index (χ2v) is 6.83. The number of nitrogens with one attached hydrogen (secondary N) is 2. The third kappa shape index (κ3) is 3.66. The van der Waals surface area contributed by atoms with Gasteiger partial charge in [-0.1, -0.05) is 12.1 Å². The first-order valence-corrected chi connectivity index (χ1v) is 9.34. The van der Waals surface area contributed by atoms with Gasteiger partial charge >= 0.3 is 5.69 Å². The molecule has 1 fully saturated rings. The second kappa shape index (κ2) is 7.67. The zero-order chi connectivity index (χ0) is 19.5. The average molecular weight is 379 g/mol. The minimum atomic E-state index is -0.520. The van der Waals surface area contributed by atoms with Gasteiger partial charge in [0.05, 0.1) is 22.8 Å². The zero-order valence-electron chi connectivity index (χ0n) is 15.4. The third-order valence-electron chi connectivity index (χ3n) is 4.93. The summed E-state index contributed by atoms with van der Waals surface area (Å²) in [6, 6.07) is 10.6. The van der Waals surface area contributed by atoms with E-state index in [4.69, 9.17) is 0 Å². The normalized spacial score (nSPS) is 13.8. The van der Waals surface area contributed by atoms with E-state index >= 15 is 0 Å². The molecule has 0 unspecified atom stereocenters. The summed E-state index contributed by atoms with van der Waals surface area (Å²) in [5.74, 6) is 0.694. The molecule has 1 aliphatic heterocycles. The zero-order valence-corrected chi connectivity index (χ0v) is 15.4. The van der Waals surface area contributed by atoms with Gasteiger partial charge in [-0.15, -0.1) is 0 Å². The van der Waals surface area contributed by atoms with E-state index in [1.54, 1.807) is 30.5 Å². The molecule has 0 atom stereocenters. The van der Waals surface area contributed by atoms with E-state index in [1.807, 2.05) is 12.1 Å². The molecule has 4 rings (SSSR count). The number of fused-ring (bicyclic) bond motifs is 1. The Morgan fingerprint density at radius 1 is 1.11 bits per heavy atom. The number of H-pyrrole nitrogens is 1. The summed E-state index contributed by atoms with van der Waals surface area (Å²) in [5.41, 5.74) is 0.186. The van der Waals surface area contributed by atoms with Crippen LogP contribution in [-0.2, 0) is 11.3 Å². The molecule has 1 aromatic carbocycles. The van der Waals surface area contributed by atoms with E-state index < -0.39 is 11.2 Å². The maximum atomic E-state index is 12.3. The molecule has 1 amide bonds. The summed E-state index contributed by atoms with van der Waals surface area (Å²) in [7, 11) is 0. The number of aromatic nitrogens is 3. The minimum Gasteiger partial charge on any atom is -0.357 e. The van der Waals surface area contributed by atoms with Gasteiger partial charge < -0.3 is 10.2 Å². The number of aryl methyl sites for hydroxylation is 1. The van der Waals surface area contributed by atoms with Crippen LogP contribution in [0.2, 0.25) is 0 Å². The highest BCUT2D eigenvalue weighted by Gasteiger charge is 2.13. The van der Waals surface area contributed by atoms with Gasteiger partial charge in [0.15, 0.2) is 0 Å². The van der Waals surface area contributed by atoms with Crippen molar-refractivity contribution in [2.75, 3.05) is 23.3 Å². The average Bonchev–Trinajstić information content (AvgIpc) is 3.23. The third-order valence-corrected chi connectivity index (χ3v) is 4.93. The molecular formula is C20H21N5O3. The lowest BCUT2D eigenvalue weighted by molar-refractivity contribution is -0.116. The van der Waals surface area contributed by atoms with Gasteiger partial charge in [-0.3, -0.25) is 19.1 Å². The van der Waals surface area contributed by atoms with Crippen molar-refractivity contribution in [2.24, 2.45) is 0 Å². The lowest BCUT2D eigenvalue weighted by atomic mass is 10.2. The second-order valence-electron chi connectivity index (χ2n) is 6.83. The molecule has 0 radical (unpaired) electrons. The number of carbonyl (C=O) groups is 1. The molecule has 3 heterocycles. The number of anilines is 2. The molecule has 8 heteroatoms. The Labute approximate surface area is 160 Å². The standard InChI is InChI=1S/C20H21N5O3/c26-18(22-14-7-8-17(21-13-14)24-10-3-4-11-24)9-12-25-16-6-2-1-5-15(16)19(27)23-20(25)28/h1-2,5-8,13H,3-4,9-12H2,(H,22,26)(H,23,27,28). The Morgan fingerprint density at radius 3 is 2.64 bits per heavy atom. The summed E-state index contributed by atoms with van der Waals surface area (Å²) in [6.07, 6.45) is 4.11. The molecule has 144 valence electrons. The van der Waals surface area contributed by atoms with Crippen molar-refractivity contribution in [2.45, 2.75) is 25.8 Å². The molecule has 2 aromatic heterocycles. The highest BCUT2D eigenvalue weighted by molar-refractivity contribution is 5.90. The molecular weight excluding hydrogens is 358 g/mol. The van der Waals surface area contributed by atoms with Crippen LogP contribution in [0.5, 0.6) is 0 Å². The molecule has 28 heavy (non-hydrogen) atoms. The molecule has 0 aliphatic carbocycles. The van der Waals surface area contributed by atoms with E-state index in [2.05, 4.69) is 20.2 Å². The fourth-order valence-corrected chi connectivity index (χ4v) is 3.49. The van der Waals surface area contributed by atoms with Gasteiger partial charge in [0.25, 0.3) is 5.56 Å². The smallest absolute Gasteiger partial charge is 0.328 e. The Balaban J connectivity index is 1.43. The first-order valence-electron chi connectivity index (χ1n) is 9.34. The number of pyridine rings is 1. The Morgan fingerprint density at radius 2 is 1.89 bits per heavy atom. The number of hydrogen-bond donors (Lipinski definition) is 2. The fraction of sp³-hybridized carbons (Fsp3) is 0.300. The highest BCUT2D eigenvalue weighted by Crippen LogP contribution is 2.19. The summed E-state index contributed by atoms with van der Waals surface area (Å²) in [6.45, 7) is 2.20. The number of benzene rings is 1. The van der Waals surface area contributed by atoms with Gasteiger partial charge in [0, 0.05) is 26.1 Å². The number of carbonyl (C=O) groups excluding carboxylic acids is 1. The van der Waals surface area contributed by atoms with Crippen LogP contribution in [0.25, 0.3) is 10.9 Å². The van der Waals surface area contributed by atoms with Crippen LogP contribution in [0.4, 0.5) is 11.5 Å². The summed E-state index contributed by atoms with van der Waals surface area (Å²) < 4.78 is 1.41. The van der Waals surface area contributed by atoms with Gasteiger partial charge in [0.2, 0.25) is 5.91 Å². The minimum absolute atomic E-state index is 0.101. The number of hydrogen-bond acceptors (Lipinski definition) is 5. The van der Waals surface area contributed by atoms with Gasteiger partial charge in [-0.05, 0) is 37.1 Å². The monoisotopic (exact) mass is 379 g/mol. The van der Waals surface area contributed by atoms with Crippen molar-refractivity contribution in [1.29, 1.82) is 0 Å². The predicted molar refractivity (Wildman–Crippen MR) is 108 cm³/mol. The van der Waals surface area contributed by atoms with Crippen molar-refractivity contribution >= 4 is 28.3 Å². The summed E-state index contributed by atoms with van der Waals surface area (Å²) >= 11 is 0. The number of rotatable bonds is 5. The van der Waals surface area contributed by atoms with Crippen LogP contribution in [0.3, 0.4) is 0 Å². The van der Waals surface area contributed by atoms with Gasteiger partial charge in [-0.2, -0.15) is 0 Å². The molecule has 8 nitrogen and oxygen atoms in total. The molecule has 2 N–H and O–H groups in total. The maximum Gasteiger partial charge on any atom is 0.328 e. The van der Waals surface area contributed by atoms with Crippen molar-refractivity contribution < 1.29 is 4.79 Å². The van der Waals surface area contributed by atoms with Crippen LogP contribution in [-0.4, -0.2) is 33.5 Å². The molecule has 0 spiro atoms. The predicted octanol–water partition coefficient (Wildman–Crippen LogP) is 1.71. The van der Waals surface area contributed by atoms with Crippen LogP contribution in [0, 0.1) is 0 Å². The van der Waals surface area contributed by atoms with E-state index in [0.717, 1.165) is 18.9 Å². The quantitative estimate of drug-likeness (QED) is 0.703. The largest absolute Gasteiger partial charge is 0.357 e. The van der Waals surface area contributed by atoms with Gasteiger partial charge in [0.1, 0.15) is 5.82 Å². The first kappa shape index (κ1) is 18.0.